The molecule has 1 aliphatic carbocycles. The number of methoxy groups -OCH3 is 1. The molecule has 5 nitrogen and oxygen atoms in total. The molecule has 1 saturated heterocycles. The van der Waals surface area contributed by atoms with Gasteiger partial charge in [-0.2, -0.15) is 11.3 Å². The molecule has 3 rings (SSSR count). The Balaban J connectivity index is 1.70. The van der Waals surface area contributed by atoms with Crippen LogP contribution in [0.3, 0.4) is 0 Å². The summed E-state index contributed by atoms with van der Waals surface area (Å²) in [6.45, 7) is 3.23. The molecule has 1 spiro atoms. The van der Waals surface area contributed by atoms with Gasteiger partial charge in [0.15, 0.2) is 0 Å². The number of nitrogens with one attached hydrogen (secondary N) is 1. The Bertz CT molecular complexity index is 510. The van der Waals surface area contributed by atoms with Crippen molar-refractivity contribution < 1.29 is 9.53 Å². The molecule has 2 heterocycles. The summed E-state index contributed by atoms with van der Waals surface area (Å²) in [7, 11) is 1.62. The summed E-state index contributed by atoms with van der Waals surface area (Å²) >= 11 is 1.68. The molecular formula is C17H27N3O2S. The van der Waals surface area contributed by atoms with Gasteiger partial charge < -0.3 is 20.7 Å². The van der Waals surface area contributed by atoms with Gasteiger partial charge in [0.2, 0.25) is 5.91 Å². The Morgan fingerprint density at radius 3 is 2.96 bits per heavy atom. The summed E-state index contributed by atoms with van der Waals surface area (Å²) in [5.74, 6) is 0.175. The van der Waals surface area contributed by atoms with E-state index in [0.29, 0.717) is 31.0 Å². The average Bonchev–Trinajstić information content (AvgIpc) is 3.00. The number of carbonyl (C=O) groups excluding carboxylic acids is 1. The number of amides is 1. The van der Waals surface area contributed by atoms with Crippen molar-refractivity contribution in [2.75, 3.05) is 26.7 Å². The van der Waals surface area contributed by atoms with Crippen LogP contribution in [0.15, 0.2) is 16.8 Å². The fraction of sp³-hybridized carbons (Fsp3) is 0.706. The molecule has 2 aliphatic rings. The Kier molecular flexibility index (Phi) is 5.36. The maximum Gasteiger partial charge on any atom is 0.225 e. The number of piperidine rings is 1. The molecule has 128 valence electrons. The topological polar surface area (TPSA) is 67.6 Å². The van der Waals surface area contributed by atoms with Gasteiger partial charge >= 0.3 is 0 Å². The minimum Gasteiger partial charge on any atom is -0.380 e. The fourth-order valence-corrected chi connectivity index (χ4v) is 4.42. The van der Waals surface area contributed by atoms with E-state index in [0.717, 1.165) is 19.5 Å². The van der Waals surface area contributed by atoms with Crippen LogP contribution < -0.4 is 11.1 Å². The highest BCUT2D eigenvalue weighted by Crippen LogP contribution is 2.56. The number of hydrogen-bond donors (Lipinski definition) is 2. The van der Waals surface area contributed by atoms with Crippen LogP contribution in [0, 0.1) is 5.41 Å². The monoisotopic (exact) mass is 337 g/mol. The van der Waals surface area contributed by atoms with E-state index < -0.39 is 0 Å². The number of rotatable bonds is 7. The summed E-state index contributed by atoms with van der Waals surface area (Å²) in [5, 5.41) is 7.63. The Hall–Kier alpha value is -0.950. The largest absolute Gasteiger partial charge is 0.380 e. The summed E-state index contributed by atoms with van der Waals surface area (Å²) in [5.41, 5.74) is 7.27. The molecule has 1 aromatic heterocycles. The molecule has 3 N–H and O–H groups in total. The first kappa shape index (κ1) is 16.9. The van der Waals surface area contributed by atoms with Crippen molar-refractivity contribution in [2.24, 2.45) is 11.1 Å². The van der Waals surface area contributed by atoms with Crippen LogP contribution in [0.2, 0.25) is 0 Å². The zero-order valence-electron chi connectivity index (χ0n) is 13.8. The van der Waals surface area contributed by atoms with Gasteiger partial charge in [0.25, 0.3) is 0 Å². The molecule has 2 fully saturated rings. The highest BCUT2D eigenvalue weighted by molar-refractivity contribution is 7.07. The zero-order valence-corrected chi connectivity index (χ0v) is 14.6. The Morgan fingerprint density at radius 2 is 2.35 bits per heavy atom. The highest BCUT2D eigenvalue weighted by Gasteiger charge is 2.57. The lowest BCUT2D eigenvalue weighted by atomic mass is 9.93. The van der Waals surface area contributed by atoms with E-state index in [9.17, 15) is 4.79 Å². The standard InChI is InChI=1S/C17H27N3O2S/c1-22-14(10-18)8-16(21)20(11-13-2-7-23-12-13)15-9-17(15)3-5-19-6-4-17/h2,7,12,14-15,19H,3-6,8-11,18H2,1H3. The molecule has 6 heteroatoms. The van der Waals surface area contributed by atoms with E-state index in [1.807, 2.05) is 0 Å². The predicted octanol–water partition coefficient (Wildman–Crippen LogP) is 1.58. The lowest BCUT2D eigenvalue weighted by Crippen LogP contribution is -2.41. The van der Waals surface area contributed by atoms with Crippen molar-refractivity contribution in [3.8, 4) is 0 Å². The van der Waals surface area contributed by atoms with Crippen LogP contribution in [0.5, 0.6) is 0 Å². The van der Waals surface area contributed by atoms with Gasteiger partial charge in [-0.05, 0) is 60.2 Å². The number of carbonyl (C=O) groups is 1. The lowest BCUT2D eigenvalue weighted by Gasteiger charge is -2.30. The molecule has 0 bridgehead atoms. The maximum absolute atomic E-state index is 12.9. The van der Waals surface area contributed by atoms with Gasteiger partial charge in [0, 0.05) is 26.2 Å². The number of thiophene rings is 1. The summed E-state index contributed by atoms with van der Waals surface area (Å²) in [4.78, 5) is 15.0. The average molecular weight is 337 g/mol. The van der Waals surface area contributed by atoms with Crippen LogP contribution >= 0.6 is 11.3 Å². The van der Waals surface area contributed by atoms with Crippen LogP contribution in [-0.2, 0) is 16.1 Å². The van der Waals surface area contributed by atoms with Gasteiger partial charge in [-0.15, -0.1) is 0 Å². The smallest absolute Gasteiger partial charge is 0.225 e. The van der Waals surface area contributed by atoms with Gasteiger partial charge in [0.05, 0.1) is 12.5 Å². The third-order valence-electron chi connectivity index (χ3n) is 5.37. The van der Waals surface area contributed by atoms with Gasteiger partial charge in [-0.3, -0.25) is 4.79 Å². The first-order valence-electron chi connectivity index (χ1n) is 8.42. The minimum atomic E-state index is -0.185. The summed E-state index contributed by atoms with van der Waals surface area (Å²) < 4.78 is 5.31. The number of ether oxygens (including phenoxy) is 1. The van der Waals surface area contributed by atoms with Crippen molar-refractivity contribution >= 4 is 17.2 Å². The number of hydrogen-bond acceptors (Lipinski definition) is 5. The van der Waals surface area contributed by atoms with E-state index in [4.69, 9.17) is 10.5 Å². The lowest BCUT2D eigenvalue weighted by molar-refractivity contribution is -0.135. The van der Waals surface area contributed by atoms with Crippen LogP contribution in [0.25, 0.3) is 0 Å². The molecule has 1 aliphatic heterocycles. The molecule has 1 amide bonds. The van der Waals surface area contributed by atoms with E-state index in [1.165, 1.54) is 18.4 Å². The predicted molar refractivity (Wildman–Crippen MR) is 92.3 cm³/mol. The van der Waals surface area contributed by atoms with Gasteiger partial charge in [-0.1, -0.05) is 0 Å². The molecular weight excluding hydrogens is 310 g/mol. The van der Waals surface area contributed by atoms with E-state index in [2.05, 4.69) is 27.0 Å². The number of nitrogens with two attached hydrogens (primary N) is 1. The van der Waals surface area contributed by atoms with Gasteiger partial charge in [0.1, 0.15) is 0 Å². The van der Waals surface area contributed by atoms with Crippen molar-refractivity contribution in [1.82, 2.24) is 10.2 Å². The molecule has 23 heavy (non-hydrogen) atoms. The Labute approximate surface area is 142 Å². The van der Waals surface area contributed by atoms with Crippen LogP contribution in [0.4, 0.5) is 0 Å². The highest BCUT2D eigenvalue weighted by atomic mass is 32.1. The summed E-state index contributed by atoms with van der Waals surface area (Å²) in [6.07, 6.45) is 3.69. The van der Waals surface area contributed by atoms with E-state index in [-0.39, 0.29) is 12.0 Å². The third-order valence-corrected chi connectivity index (χ3v) is 6.11. The quantitative estimate of drug-likeness (QED) is 0.793. The molecule has 1 aromatic rings. The molecule has 1 saturated carbocycles. The zero-order chi connectivity index (χ0) is 16.3. The SMILES string of the molecule is COC(CN)CC(=O)N(Cc1ccsc1)C1CC12CCNCC2. The molecule has 2 atom stereocenters. The van der Waals surface area contributed by atoms with Crippen molar-refractivity contribution in [1.29, 1.82) is 0 Å². The first-order chi connectivity index (χ1) is 11.2. The van der Waals surface area contributed by atoms with Crippen LogP contribution in [0.1, 0.15) is 31.2 Å². The second-order valence-corrected chi connectivity index (χ2v) is 7.56. The summed E-state index contributed by atoms with van der Waals surface area (Å²) in [6, 6.07) is 2.49. The van der Waals surface area contributed by atoms with Crippen molar-refractivity contribution in [2.45, 2.75) is 44.4 Å². The normalized spacial score (nSPS) is 23.7. The van der Waals surface area contributed by atoms with Crippen molar-refractivity contribution in [3.63, 3.8) is 0 Å². The van der Waals surface area contributed by atoms with E-state index >= 15 is 0 Å². The van der Waals surface area contributed by atoms with Crippen molar-refractivity contribution in [3.05, 3.63) is 22.4 Å². The second kappa shape index (κ2) is 7.30. The van der Waals surface area contributed by atoms with E-state index in [1.54, 1.807) is 18.4 Å². The second-order valence-electron chi connectivity index (χ2n) is 6.78. The maximum atomic E-state index is 12.9. The minimum absolute atomic E-state index is 0.175. The van der Waals surface area contributed by atoms with Gasteiger partial charge in [-0.25, -0.2) is 0 Å². The Morgan fingerprint density at radius 1 is 1.57 bits per heavy atom. The molecule has 0 aromatic carbocycles. The molecule has 2 unspecified atom stereocenters. The third kappa shape index (κ3) is 3.76. The number of nitrogens with zero attached hydrogens (tertiary/aromatic N) is 1. The first-order valence-corrected chi connectivity index (χ1v) is 9.37. The van der Waals surface area contributed by atoms with Crippen LogP contribution in [-0.4, -0.2) is 49.7 Å². The fourth-order valence-electron chi connectivity index (χ4n) is 3.76. The molecule has 0 radical (unpaired) electrons.